The number of aromatic nitrogens is 2. The van der Waals surface area contributed by atoms with Crippen molar-refractivity contribution in [2.45, 2.75) is 5.16 Å². The van der Waals surface area contributed by atoms with Crippen LogP contribution in [0, 0.1) is 0 Å². The highest BCUT2D eigenvalue weighted by Crippen LogP contribution is 2.08. The SMILES string of the molecule is Nc1cc(N)nc(S(=O)(O)=S)n1. The fourth-order valence-corrected chi connectivity index (χ4v) is 1.24. The van der Waals surface area contributed by atoms with Crippen molar-refractivity contribution in [2.24, 2.45) is 0 Å². The van der Waals surface area contributed by atoms with Crippen LogP contribution in [0.15, 0.2) is 11.2 Å². The second-order valence-electron chi connectivity index (χ2n) is 1.98. The van der Waals surface area contributed by atoms with Crippen LogP contribution in [0.4, 0.5) is 11.6 Å². The molecule has 1 unspecified atom stereocenters. The van der Waals surface area contributed by atoms with E-state index < -0.39 is 13.9 Å². The van der Waals surface area contributed by atoms with Gasteiger partial charge in [0.25, 0.3) is 5.16 Å². The highest BCUT2D eigenvalue weighted by Gasteiger charge is 2.10. The van der Waals surface area contributed by atoms with E-state index in [0.29, 0.717) is 0 Å². The van der Waals surface area contributed by atoms with Crippen molar-refractivity contribution < 1.29 is 8.76 Å². The molecule has 1 heterocycles. The molecule has 8 heteroatoms. The van der Waals surface area contributed by atoms with Gasteiger partial charge in [-0.25, -0.2) is 14.2 Å². The zero-order chi connectivity index (χ0) is 9.35. The van der Waals surface area contributed by atoms with E-state index in [-0.39, 0.29) is 11.6 Å². The summed E-state index contributed by atoms with van der Waals surface area (Å²) in [6.07, 6.45) is 0. The number of nitrogens with zero attached hydrogens (tertiary/aromatic N) is 2. The van der Waals surface area contributed by atoms with Crippen LogP contribution < -0.4 is 11.5 Å². The van der Waals surface area contributed by atoms with Crippen molar-refractivity contribution in [1.29, 1.82) is 0 Å². The molecular formula is C4H6N4O2S2. The zero-order valence-corrected chi connectivity index (χ0v) is 7.43. The van der Waals surface area contributed by atoms with E-state index in [1.807, 2.05) is 0 Å². The first-order valence-electron chi connectivity index (χ1n) is 2.77. The number of nitrogens with two attached hydrogens (primary N) is 2. The Kier molecular flexibility index (Phi) is 2.13. The Morgan fingerprint density at radius 2 is 1.83 bits per heavy atom. The molecule has 1 aromatic heterocycles. The first-order chi connectivity index (χ1) is 5.39. The molecule has 0 aliphatic rings. The monoisotopic (exact) mass is 206 g/mol. The van der Waals surface area contributed by atoms with Gasteiger partial charge in [0.05, 0.1) is 0 Å². The third-order valence-electron chi connectivity index (χ3n) is 0.976. The average molecular weight is 206 g/mol. The van der Waals surface area contributed by atoms with E-state index in [0.717, 1.165) is 0 Å². The molecule has 0 bridgehead atoms. The highest BCUT2D eigenvalue weighted by atomic mass is 32.8. The maximum absolute atomic E-state index is 10.8. The van der Waals surface area contributed by atoms with Gasteiger partial charge in [-0.15, -0.1) is 0 Å². The Labute approximate surface area is 73.5 Å². The fraction of sp³-hybridized carbons (Fsp3) is 0. The second-order valence-corrected chi connectivity index (χ2v) is 4.65. The van der Waals surface area contributed by atoms with Crippen molar-refractivity contribution in [3.8, 4) is 0 Å². The Balaban J connectivity index is 3.37. The molecular weight excluding hydrogens is 200 g/mol. The Hall–Kier alpha value is -0.990. The summed E-state index contributed by atoms with van der Waals surface area (Å²) in [5, 5.41) is -0.421. The second kappa shape index (κ2) is 2.81. The van der Waals surface area contributed by atoms with Gasteiger partial charge < -0.3 is 11.5 Å². The highest BCUT2D eigenvalue weighted by molar-refractivity contribution is 8.29. The van der Waals surface area contributed by atoms with Gasteiger partial charge >= 0.3 is 0 Å². The Bertz CT molecular complexity index is 381. The van der Waals surface area contributed by atoms with E-state index in [9.17, 15) is 4.21 Å². The molecule has 0 aliphatic carbocycles. The fourth-order valence-electron chi connectivity index (χ4n) is 0.577. The molecule has 0 amide bonds. The van der Waals surface area contributed by atoms with Crippen LogP contribution in [0.25, 0.3) is 0 Å². The molecule has 0 saturated carbocycles. The molecule has 6 nitrogen and oxygen atoms in total. The Morgan fingerprint density at radius 3 is 2.17 bits per heavy atom. The molecule has 5 N–H and O–H groups in total. The molecule has 66 valence electrons. The van der Waals surface area contributed by atoms with Crippen LogP contribution in [0.2, 0.25) is 0 Å². The first kappa shape index (κ1) is 9.10. The van der Waals surface area contributed by atoms with Gasteiger partial charge in [0.15, 0.2) is 0 Å². The van der Waals surface area contributed by atoms with Gasteiger partial charge in [0, 0.05) is 17.3 Å². The minimum absolute atomic E-state index is 0.0177. The summed E-state index contributed by atoms with van der Waals surface area (Å²) < 4.78 is 19.7. The van der Waals surface area contributed by atoms with Gasteiger partial charge in [0.1, 0.15) is 11.6 Å². The van der Waals surface area contributed by atoms with Gasteiger partial charge in [-0.2, -0.15) is 0 Å². The summed E-state index contributed by atoms with van der Waals surface area (Å²) in [5.41, 5.74) is 10.5. The molecule has 1 atom stereocenters. The number of rotatable bonds is 1. The smallest absolute Gasteiger partial charge is 0.250 e. The predicted molar refractivity (Wildman–Crippen MR) is 47.3 cm³/mol. The topological polar surface area (TPSA) is 115 Å². The molecule has 12 heavy (non-hydrogen) atoms. The average Bonchev–Trinajstić information content (AvgIpc) is 1.82. The Morgan fingerprint density at radius 1 is 1.42 bits per heavy atom. The molecule has 1 aromatic rings. The van der Waals surface area contributed by atoms with Crippen LogP contribution in [0.1, 0.15) is 0 Å². The van der Waals surface area contributed by atoms with Gasteiger partial charge in [-0.1, -0.05) is 0 Å². The van der Waals surface area contributed by atoms with Crippen LogP contribution in [-0.2, 0) is 20.0 Å². The van der Waals surface area contributed by atoms with Crippen LogP contribution in [0.5, 0.6) is 0 Å². The van der Waals surface area contributed by atoms with Crippen molar-refractivity contribution >= 4 is 31.6 Å². The van der Waals surface area contributed by atoms with Gasteiger partial charge in [0.2, 0.25) is 8.77 Å². The number of hydrogen-bond donors (Lipinski definition) is 3. The predicted octanol–water partition coefficient (Wildman–Crippen LogP) is -0.781. The minimum Gasteiger partial charge on any atom is -0.383 e. The normalized spacial score (nSPS) is 15.4. The van der Waals surface area contributed by atoms with Crippen LogP contribution in [0.3, 0.4) is 0 Å². The number of nitrogen functional groups attached to an aromatic ring is 2. The maximum Gasteiger partial charge on any atom is 0.250 e. The zero-order valence-electron chi connectivity index (χ0n) is 5.80. The van der Waals surface area contributed by atoms with E-state index in [4.69, 9.17) is 16.0 Å². The van der Waals surface area contributed by atoms with Crippen LogP contribution in [-0.4, -0.2) is 18.7 Å². The van der Waals surface area contributed by atoms with Gasteiger partial charge in [-0.3, -0.25) is 4.55 Å². The standard InChI is InChI=1S/C4H6N4O2S2/c5-2-1-3(6)8-4(7-2)12(9,10)11/h1H,(H,9,10,11)(H4,5,6,7,8). The lowest BCUT2D eigenvalue weighted by molar-refractivity contribution is 0.552. The van der Waals surface area contributed by atoms with Crippen molar-refractivity contribution in [3.63, 3.8) is 0 Å². The van der Waals surface area contributed by atoms with E-state index >= 15 is 0 Å². The summed E-state index contributed by atoms with van der Waals surface area (Å²) in [7, 11) is -3.60. The summed E-state index contributed by atoms with van der Waals surface area (Å²) >= 11 is 4.22. The van der Waals surface area contributed by atoms with E-state index in [1.165, 1.54) is 6.07 Å². The lowest BCUT2D eigenvalue weighted by atomic mass is 10.5. The molecule has 0 radical (unpaired) electrons. The van der Waals surface area contributed by atoms with Crippen LogP contribution >= 0.6 is 0 Å². The number of hydrogen-bond acceptors (Lipinski definition) is 6. The quantitative estimate of drug-likeness (QED) is 0.516. The van der Waals surface area contributed by atoms with Crippen molar-refractivity contribution in [2.75, 3.05) is 11.5 Å². The summed E-state index contributed by atoms with van der Waals surface area (Å²) in [6.45, 7) is 0. The molecule has 0 aromatic carbocycles. The van der Waals surface area contributed by atoms with Crippen molar-refractivity contribution in [1.82, 2.24) is 9.97 Å². The summed E-state index contributed by atoms with van der Waals surface area (Å²) in [5.74, 6) is 0.0354. The summed E-state index contributed by atoms with van der Waals surface area (Å²) in [6, 6.07) is 1.27. The lowest BCUT2D eigenvalue weighted by Gasteiger charge is -1.99. The maximum atomic E-state index is 10.8. The molecule has 0 aliphatic heterocycles. The molecule has 1 rings (SSSR count). The van der Waals surface area contributed by atoms with Gasteiger partial charge in [-0.05, 0) is 0 Å². The lowest BCUT2D eigenvalue weighted by Crippen LogP contribution is -2.07. The number of anilines is 2. The minimum atomic E-state index is -3.60. The van der Waals surface area contributed by atoms with E-state index in [1.54, 1.807) is 0 Å². The molecule has 0 spiro atoms. The first-order valence-corrected chi connectivity index (χ1v) is 5.21. The molecule has 0 fully saturated rings. The third-order valence-corrected chi connectivity index (χ3v) is 2.07. The molecule has 0 saturated heterocycles. The summed E-state index contributed by atoms with van der Waals surface area (Å²) in [4.78, 5) is 6.92. The largest absolute Gasteiger partial charge is 0.383 e. The van der Waals surface area contributed by atoms with E-state index in [2.05, 4.69) is 21.2 Å². The third kappa shape index (κ3) is 2.00. The van der Waals surface area contributed by atoms with Crippen molar-refractivity contribution in [3.05, 3.63) is 6.07 Å².